The Morgan fingerprint density at radius 3 is 2.44 bits per heavy atom. The van der Waals surface area contributed by atoms with Crippen LogP contribution >= 0.6 is 0 Å². The van der Waals surface area contributed by atoms with Crippen molar-refractivity contribution in [2.75, 3.05) is 27.8 Å². The van der Waals surface area contributed by atoms with Gasteiger partial charge in [0.15, 0.2) is 0 Å². The van der Waals surface area contributed by atoms with Crippen molar-refractivity contribution in [2.45, 2.75) is 13.0 Å². The summed E-state index contributed by atoms with van der Waals surface area (Å²) in [5.74, 6) is 1.66. The summed E-state index contributed by atoms with van der Waals surface area (Å²) in [5, 5.41) is 3.16. The van der Waals surface area contributed by atoms with Crippen LogP contribution in [0.15, 0.2) is 12.1 Å². The molecule has 1 rings (SSSR count). The zero-order valence-electron chi connectivity index (χ0n) is 10.3. The highest BCUT2D eigenvalue weighted by molar-refractivity contribution is 5.50. The summed E-state index contributed by atoms with van der Waals surface area (Å²) in [6.45, 7) is 2.50. The lowest BCUT2D eigenvalue weighted by Crippen LogP contribution is -2.25. The van der Waals surface area contributed by atoms with Gasteiger partial charge in [-0.1, -0.05) is 0 Å². The van der Waals surface area contributed by atoms with Gasteiger partial charge < -0.3 is 20.5 Å². The second kappa shape index (κ2) is 5.72. The Hall–Kier alpha value is -1.26. The first-order chi connectivity index (χ1) is 7.69. The van der Waals surface area contributed by atoms with E-state index >= 15 is 0 Å². The van der Waals surface area contributed by atoms with Gasteiger partial charge in [0, 0.05) is 23.7 Å². The van der Waals surface area contributed by atoms with Gasteiger partial charge in [-0.15, -0.1) is 0 Å². The van der Waals surface area contributed by atoms with E-state index < -0.39 is 0 Å². The molecule has 0 aliphatic rings. The molecule has 1 aromatic carbocycles. The van der Waals surface area contributed by atoms with Gasteiger partial charge in [0.1, 0.15) is 11.5 Å². The number of nitrogens with one attached hydrogen (secondary N) is 1. The molecule has 0 bridgehead atoms. The lowest BCUT2D eigenvalue weighted by molar-refractivity contribution is 0.380. The number of likely N-dealkylation sites (N-methyl/N-ethyl adjacent to an activating group) is 1. The number of nitrogens with two attached hydrogens (primary N) is 1. The second-order valence-electron chi connectivity index (χ2n) is 3.59. The molecule has 4 heteroatoms. The van der Waals surface area contributed by atoms with Crippen molar-refractivity contribution in [3.63, 3.8) is 0 Å². The Morgan fingerprint density at radius 1 is 1.31 bits per heavy atom. The van der Waals surface area contributed by atoms with Crippen LogP contribution in [0.1, 0.15) is 17.2 Å². The molecule has 16 heavy (non-hydrogen) atoms. The highest BCUT2D eigenvalue weighted by Crippen LogP contribution is 2.34. The Balaban J connectivity index is 3.24. The number of hydrogen-bond donors (Lipinski definition) is 2. The maximum atomic E-state index is 5.71. The summed E-state index contributed by atoms with van der Waals surface area (Å²) in [5.41, 5.74) is 7.77. The van der Waals surface area contributed by atoms with E-state index in [0.717, 1.165) is 22.6 Å². The molecule has 0 spiro atoms. The highest BCUT2D eigenvalue weighted by Gasteiger charge is 2.16. The molecule has 0 aliphatic heterocycles. The molecule has 1 unspecified atom stereocenters. The maximum absolute atomic E-state index is 5.71. The standard InChI is InChI=1S/C12H20N2O2/c1-8-11(15-3)6-5-9(12(8)16-4)10(7-13)14-2/h5-6,10,14H,7,13H2,1-4H3. The third kappa shape index (κ3) is 2.28. The van der Waals surface area contributed by atoms with E-state index in [1.165, 1.54) is 0 Å². The highest BCUT2D eigenvalue weighted by atomic mass is 16.5. The monoisotopic (exact) mass is 224 g/mol. The number of hydrogen-bond acceptors (Lipinski definition) is 4. The fraction of sp³-hybridized carbons (Fsp3) is 0.500. The Bertz CT molecular complexity index is 349. The van der Waals surface area contributed by atoms with E-state index in [1.54, 1.807) is 14.2 Å². The largest absolute Gasteiger partial charge is 0.496 e. The van der Waals surface area contributed by atoms with Crippen molar-refractivity contribution in [3.8, 4) is 11.5 Å². The van der Waals surface area contributed by atoms with Gasteiger partial charge in [-0.2, -0.15) is 0 Å². The van der Waals surface area contributed by atoms with E-state index in [0.29, 0.717) is 6.54 Å². The van der Waals surface area contributed by atoms with Gasteiger partial charge in [-0.25, -0.2) is 0 Å². The molecular weight excluding hydrogens is 204 g/mol. The summed E-state index contributed by atoms with van der Waals surface area (Å²) in [6.07, 6.45) is 0. The molecule has 0 fully saturated rings. The quantitative estimate of drug-likeness (QED) is 0.790. The minimum absolute atomic E-state index is 0.0968. The zero-order chi connectivity index (χ0) is 12.1. The van der Waals surface area contributed by atoms with Crippen LogP contribution in [-0.2, 0) is 0 Å². The summed E-state index contributed by atoms with van der Waals surface area (Å²) < 4.78 is 10.7. The van der Waals surface area contributed by atoms with Crippen molar-refractivity contribution in [3.05, 3.63) is 23.3 Å². The smallest absolute Gasteiger partial charge is 0.130 e. The Labute approximate surface area is 96.7 Å². The van der Waals surface area contributed by atoms with E-state index in [9.17, 15) is 0 Å². The van der Waals surface area contributed by atoms with Gasteiger partial charge >= 0.3 is 0 Å². The molecule has 0 radical (unpaired) electrons. The van der Waals surface area contributed by atoms with Gasteiger partial charge in [0.25, 0.3) is 0 Å². The third-order valence-corrected chi connectivity index (χ3v) is 2.77. The predicted molar refractivity (Wildman–Crippen MR) is 65.1 cm³/mol. The van der Waals surface area contributed by atoms with Crippen LogP contribution in [0.2, 0.25) is 0 Å². The van der Waals surface area contributed by atoms with Crippen molar-refractivity contribution >= 4 is 0 Å². The zero-order valence-corrected chi connectivity index (χ0v) is 10.3. The van der Waals surface area contributed by atoms with Crippen LogP contribution in [0, 0.1) is 6.92 Å². The van der Waals surface area contributed by atoms with Crippen molar-refractivity contribution in [1.29, 1.82) is 0 Å². The normalized spacial score (nSPS) is 12.3. The van der Waals surface area contributed by atoms with E-state index in [2.05, 4.69) is 5.32 Å². The number of methoxy groups -OCH3 is 2. The summed E-state index contributed by atoms with van der Waals surface area (Å²) in [6, 6.07) is 4.02. The lowest BCUT2D eigenvalue weighted by atomic mass is 10.0. The topological polar surface area (TPSA) is 56.5 Å². The van der Waals surface area contributed by atoms with Crippen molar-refractivity contribution in [1.82, 2.24) is 5.32 Å². The molecule has 3 N–H and O–H groups in total. The van der Waals surface area contributed by atoms with Crippen LogP contribution in [-0.4, -0.2) is 27.8 Å². The molecular formula is C12H20N2O2. The molecule has 90 valence electrons. The lowest BCUT2D eigenvalue weighted by Gasteiger charge is -2.20. The summed E-state index contributed by atoms with van der Waals surface area (Å²) in [4.78, 5) is 0. The number of ether oxygens (including phenoxy) is 2. The van der Waals surface area contributed by atoms with E-state index in [-0.39, 0.29) is 6.04 Å². The average Bonchev–Trinajstić information content (AvgIpc) is 2.31. The molecule has 0 saturated heterocycles. The first-order valence-corrected chi connectivity index (χ1v) is 5.28. The fourth-order valence-corrected chi connectivity index (χ4v) is 1.86. The molecule has 0 saturated carbocycles. The Morgan fingerprint density at radius 2 is 2.00 bits per heavy atom. The predicted octanol–water partition coefficient (Wildman–Crippen LogP) is 1.23. The van der Waals surface area contributed by atoms with Gasteiger partial charge in [0.2, 0.25) is 0 Å². The van der Waals surface area contributed by atoms with Crippen LogP contribution in [0.4, 0.5) is 0 Å². The fourth-order valence-electron chi connectivity index (χ4n) is 1.86. The molecule has 1 atom stereocenters. The van der Waals surface area contributed by atoms with Gasteiger partial charge in [-0.3, -0.25) is 0 Å². The average molecular weight is 224 g/mol. The SMILES string of the molecule is CNC(CN)c1ccc(OC)c(C)c1OC. The number of benzene rings is 1. The Kier molecular flexibility index (Phi) is 4.58. The summed E-state index contributed by atoms with van der Waals surface area (Å²) >= 11 is 0. The molecule has 0 aliphatic carbocycles. The molecule has 1 aromatic rings. The maximum Gasteiger partial charge on any atom is 0.130 e. The number of rotatable bonds is 5. The van der Waals surface area contributed by atoms with E-state index in [1.807, 2.05) is 26.1 Å². The van der Waals surface area contributed by atoms with Crippen LogP contribution in [0.5, 0.6) is 11.5 Å². The first kappa shape index (κ1) is 12.8. The van der Waals surface area contributed by atoms with Crippen molar-refractivity contribution in [2.24, 2.45) is 5.73 Å². The second-order valence-corrected chi connectivity index (χ2v) is 3.59. The van der Waals surface area contributed by atoms with E-state index in [4.69, 9.17) is 15.2 Å². The van der Waals surface area contributed by atoms with Crippen LogP contribution in [0.3, 0.4) is 0 Å². The van der Waals surface area contributed by atoms with Crippen molar-refractivity contribution < 1.29 is 9.47 Å². The van der Waals surface area contributed by atoms with Gasteiger partial charge in [0.05, 0.1) is 14.2 Å². The molecule has 0 aromatic heterocycles. The first-order valence-electron chi connectivity index (χ1n) is 5.28. The summed E-state index contributed by atoms with van der Waals surface area (Å²) in [7, 11) is 5.20. The molecule has 0 heterocycles. The van der Waals surface area contributed by atoms with Crippen LogP contribution < -0.4 is 20.5 Å². The van der Waals surface area contributed by atoms with Crippen LogP contribution in [0.25, 0.3) is 0 Å². The molecule has 4 nitrogen and oxygen atoms in total. The third-order valence-electron chi connectivity index (χ3n) is 2.77. The van der Waals surface area contributed by atoms with Gasteiger partial charge in [-0.05, 0) is 26.1 Å². The minimum Gasteiger partial charge on any atom is -0.496 e. The molecule has 0 amide bonds. The minimum atomic E-state index is 0.0968.